The van der Waals surface area contributed by atoms with Crippen molar-refractivity contribution in [1.29, 1.82) is 0 Å². The van der Waals surface area contributed by atoms with Gasteiger partial charge >= 0.3 is 0 Å². The maximum atomic E-state index is 12.6. The molecule has 8 nitrogen and oxygen atoms in total. The van der Waals surface area contributed by atoms with Gasteiger partial charge in [0.05, 0.1) is 28.7 Å². The lowest BCUT2D eigenvalue weighted by atomic mass is 10.1. The average Bonchev–Trinajstić information content (AvgIpc) is 2.69. The summed E-state index contributed by atoms with van der Waals surface area (Å²) in [5.41, 5.74) is 0.657. The average molecular weight is 381 g/mol. The van der Waals surface area contributed by atoms with E-state index in [0.717, 1.165) is 5.56 Å². The normalized spacial score (nSPS) is 11.9. The number of ether oxygens (including phenoxy) is 1. The molecule has 1 unspecified atom stereocenters. The van der Waals surface area contributed by atoms with Gasteiger partial charge in [-0.25, -0.2) is 4.98 Å². The summed E-state index contributed by atoms with van der Waals surface area (Å²) < 4.78 is 6.90. The highest BCUT2D eigenvalue weighted by molar-refractivity contribution is 5.79. The number of rotatable bonds is 8. The molecule has 3 aromatic rings. The molecule has 1 aromatic heterocycles. The molecular weight excluding hydrogens is 362 g/mol. The lowest BCUT2D eigenvalue weighted by Gasteiger charge is -2.15. The van der Waals surface area contributed by atoms with Crippen molar-refractivity contribution in [2.75, 3.05) is 6.61 Å². The number of nitrogens with zero attached hydrogens (tertiary/aromatic N) is 3. The Hall–Kier alpha value is -3.52. The number of nitro benzene ring substituents is 1. The number of nitro groups is 1. The number of hydrogen-bond acceptors (Lipinski definition) is 6. The molecule has 3 rings (SSSR count). The topological polar surface area (TPSA) is 107 Å². The fraction of sp³-hybridized carbons (Fsp3) is 0.200. The second-order valence-corrected chi connectivity index (χ2v) is 6.23. The third kappa shape index (κ3) is 4.24. The third-order valence-electron chi connectivity index (χ3n) is 4.19. The molecule has 0 radical (unpaired) electrons. The Kier molecular flexibility index (Phi) is 5.81. The zero-order chi connectivity index (χ0) is 20.1. The van der Waals surface area contributed by atoms with Crippen LogP contribution in [0, 0.1) is 10.1 Å². The first kappa shape index (κ1) is 19.2. The zero-order valence-electron chi connectivity index (χ0n) is 15.0. The molecule has 0 aliphatic heterocycles. The molecule has 144 valence electrons. The van der Waals surface area contributed by atoms with E-state index >= 15 is 0 Å². The summed E-state index contributed by atoms with van der Waals surface area (Å²) in [6.07, 6.45) is 2.75. The van der Waals surface area contributed by atoms with Crippen LogP contribution < -0.4 is 10.3 Å². The van der Waals surface area contributed by atoms with Crippen LogP contribution >= 0.6 is 0 Å². The largest absolute Gasteiger partial charge is 0.491 e. The van der Waals surface area contributed by atoms with E-state index in [1.807, 2.05) is 18.2 Å². The van der Waals surface area contributed by atoms with Crippen molar-refractivity contribution >= 4 is 16.6 Å². The maximum absolute atomic E-state index is 12.6. The van der Waals surface area contributed by atoms with Gasteiger partial charge in [0, 0.05) is 12.1 Å². The van der Waals surface area contributed by atoms with Gasteiger partial charge in [0.1, 0.15) is 18.5 Å². The number of aliphatic hydroxyl groups is 1. The van der Waals surface area contributed by atoms with Crippen molar-refractivity contribution in [2.45, 2.75) is 19.1 Å². The van der Waals surface area contributed by atoms with Crippen LogP contribution in [0.2, 0.25) is 0 Å². The second kappa shape index (κ2) is 8.45. The minimum atomic E-state index is -0.965. The Bertz CT molecular complexity index is 1080. The Labute approximate surface area is 160 Å². The number of fused-ring (bicyclic) bond motifs is 1. The molecule has 0 saturated carbocycles. The Morgan fingerprint density at radius 1 is 1.32 bits per heavy atom. The quantitative estimate of drug-likeness (QED) is 0.365. The molecule has 1 N–H and O–H groups in total. The Morgan fingerprint density at radius 2 is 2.11 bits per heavy atom. The Morgan fingerprint density at radius 3 is 2.86 bits per heavy atom. The van der Waals surface area contributed by atoms with Gasteiger partial charge in [0.2, 0.25) is 0 Å². The predicted molar refractivity (Wildman–Crippen MR) is 105 cm³/mol. The van der Waals surface area contributed by atoms with Gasteiger partial charge in [0.15, 0.2) is 0 Å². The number of para-hydroxylation sites is 1. The summed E-state index contributed by atoms with van der Waals surface area (Å²) in [4.78, 5) is 27.1. The lowest BCUT2D eigenvalue weighted by molar-refractivity contribution is -0.384. The minimum Gasteiger partial charge on any atom is -0.491 e. The van der Waals surface area contributed by atoms with Crippen molar-refractivity contribution in [3.8, 4) is 5.75 Å². The number of benzene rings is 2. The maximum Gasteiger partial charge on any atom is 0.270 e. The van der Waals surface area contributed by atoms with Crippen molar-refractivity contribution in [2.24, 2.45) is 0 Å². The van der Waals surface area contributed by atoms with Crippen molar-refractivity contribution in [3.63, 3.8) is 0 Å². The van der Waals surface area contributed by atoms with Crippen LogP contribution in [-0.4, -0.2) is 32.3 Å². The molecule has 2 aromatic carbocycles. The number of non-ortho nitro benzene ring substituents is 1. The fourth-order valence-electron chi connectivity index (χ4n) is 2.83. The van der Waals surface area contributed by atoms with Crippen LogP contribution in [0.5, 0.6) is 5.75 Å². The van der Waals surface area contributed by atoms with Gasteiger partial charge in [-0.05, 0) is 24.1 Å². The van der Waals surface area contributed by atoms with E-state index in [0.29, 0.717) is 17.7 Å². The molecule has 0 fully saturated rings. The summed E-state index contributed by atoms with van der Waals surface area (Å²) in [6.45, 7) is 3.64. The highest BCUT2D eigenvalue weighted by Crippen LogP contribution is 2.19. The standard InChI is InChI=1S/C20H19N3O5/c1-2-5-14-6-3-4-7-19(14)28-12-16(24)11-22-13-21-18-9-8-15(23(26)27)10-17(18)20(22)25/h2-4,6-10,13,16,24H,1,5,11-12H2. The number of aromatic nitrogens is 2. The number of hydrogen-bond donors (Lipinski definition) is 1. The van der Waals surface area contributed by atoms with Gasteiger partial charge in [-0.2, -0.15) is 0 Å². The van der Waals surface area contributed by atoms with E-state index < -0.39 is 16.6 Å². The first-order valence-electron chi connectivity index (χ1n) is 8.63. The van der Waals surface area contributed by atoms with Crippen LogP contribution in [-0.2, 0) is 13.0 Å². The first-order valence-corrected chi connectivity index (χ1v) is 8.63. The summed E-state index contributed by atoms with van der Waals surface area (Å²) in [5, 5.41) is 21.3. The summed E-state index contributed by atoms with van der Waals surface area (Å²) >= 11 is 0. The van der Waals surface area contributed by atoms with Gasteiger partial charge in [-0.3, -0.25) is 19.5 Å². The van der Waals surface area contributed by atoms with Crippen molar-refractivity contribution in [3.05, 3.63) is 87.5 Å². The molecule has 0 amide bonds. The summed E-state index contributed by atoms with van der Waals surface area (Å²) in [6, 6.07) is 11.3. The van der Waals surface area contributed by atoms with E-state index in [-0.39, 0.29) is 24.2 Å². The van der Waals surface area contributed by atoms with Crippen molar-refractivity contribution in [1.82, 2.24) is 9.55 Å². The second-order valence-electron chi connectivity index (χ2n) is 6.23. The van der Waals surface area contributed by atoms with E-state index in [1.54, 1.807) is 12.1 Å². The lowest BCUT2D eigenvalue weighted by Crippen LogP contribution is -2.30. The molecule has 0 saturated heterocycles. The molecule has 0 aliphatic carbocycles. The smallest absolute Gasteiger partial charge is 0.270 e. The monoisotopic (exact) mass is 381 g/mol. The molecular formula is C20H19N3O5. The van der Waals surface area contributed by atoms with Crippen LogP contribution in [0.15, 0.2) is 66.2 Å². The van der Waals surface area contributed by atoms with E-state index in [2.05, 4.69) is 11.6 Å². The first-order chi connectivity index (χ1) is 13.5. The minimum absolute atomic E-state index is 0.0203. The van der Waals surface area contributed by atoms with E-state index in [4.69, 9.17) is 4.74 Å². The molecule has 0 spiro atoms. The van der Waals surface area contributed by atoms with Crippen LogP contribution in [0.25, 0.3) is 10.9 Å². The van der Waals surface area contributed by atoms with Gasteiger partial charge in [-0.15, -0.1) is 6.58 Å². The van der Waals surface area contributed by atoms with Gasteiger partial charge < -0.3 is 9.84 Å². The van der Waals surface area contributed by atoms with Crippen LogP contribution in [0.4, 0.5) is 5.69 Å². The third-order valence-corrected chi connectivity index (χ3v) is 4.19. The van der Waals surface area contributed by atoms with Crippen LogP contribution in [0.3, 0.4) is 0 Å². The van der Waals surface area contributed by atoms with Crippen molar-refractivity contribution < 1.29 is 14.8 Å². The molecule has 1 atom stereocenters. The highest BCUT2D eigenvalue weighted by Gasteiger charge is 2.14. The SMILES string of the molecule is C=CCc1ccccc1OCC(O)Cn1cnc2ccc([N+](=O)[O-])cc2c1=O. The fourth-order valence-corrected chi connectivity index (χ4v) is 2.83. The highest BCUT2D eigenvalue weighted by atomic mass is 16.6. The molecule has 0 aliphatic rings. The summed E-state index contributed by atoms with van der Waals surface area (Å²) in [5.74, 6) is 0.640. The molecule has 8 heteroatoms. The van der Waals surface area contributed by atoms with Gasteiger partial charge in [-0.1, -0.05) is 24.3 Å². The van der Waals surface area contributed by atoms with E-state index in [1.165, 1.54) is 29.1 Å². The summed E-state index contributed by atoms with van der Waals surface area (Å²) in [7, 11) is 0. The number of aliphatic hydroxyl groups excluding tert-OH is 1. The van der Waals surface area contributed by atoms with E-state index in [9.17, 15) is 20.0 Å². The molecule has 1 heterocycles. The zero-order valence-corrected chi connectivity index (χ0v) is 15.0. The number of allylic oxidation sites excluding steroid dienone is 1. The van der Waals surface area contributed by atoms with Crippen LogP contribution in [0.1, 0.15) is 5.56 Å². The Balaban J connectivity index is 1.75. The predicted octanol–water partition coefficient (Wildman–Crippen LogP) is 2.47. The van der Waals surface area contributed by atoms with Gasteiger partial charge in [0.25, 0.3) is 11.2 Å². The molecule has 0 bridgehead atoms. The molecule has 28 heavy (non-hydrogen) atoms.